The monoisotopic (exact) mass is 719 g/mol. The van der Waals surface area contributed by atoms with E-state index in [1.165, 1.54) is 46.9 Å². The van der Waals surface area contributed by atoms with Crippen LogP contribution < -0.4 is 16.4 Å². The largest absolute Gasteiger partial charge is 0.416 e. The smallest absolute Gasteiger partial charge is 0.243 e. The van der Waals surface area contributed by atoms with E-state index >= 15 is 0 Å². The van der Waals surface area contributed by atoms with E-state index < -0.39 is 30.2 Å². The summed E-state index contributed by atoms with van der Waals surface area (Å²) in [6.07, 6.45) is -7.24. The second-order valence-corrected chi connectivity index (χ2v) is 12.8. The van der Waals surface area contributed by atoms with Gasteiger partial charge in [0, 0.05) is 0 Å². The van der Waals surface area contributed by atoms with Crippen molar-refractivity contribution >= 4 is 91.0 Å². The average Bonchev–Trinajstić information content (AvgIpc) is 3.33. The maximum absolute atomic E-state index is 13.1. The predicted molar refractivity (Wildman–Crippen MR) is 138 cm³/mol. The molecule has 0 saturated heterocycles. The minimum absolute atomic E-state index is 0.546. The summed E-state index contributed by atoms with van der Waals surface area (Å²) >= 11 is 7.27. The highest BCUT2D eigenvalue weighted by molar-refractivity contribution is 14.1. The molecule has 0 unspecified atom stereocenters. The van der Waals surface area contributed by atoms with Crippen LogP contribution in [0.25, 0.3) is 9.88 Å². The van der Waals surface area contributed by atoms with Crippen LogP contribution in [0.15, 0.2) is 60.8 Å². The molecule has 4 aromatic rings. The fourth-order valence-corrected chi connectivity index (χ4v) is 6.83. The van der Waals surface area contributed by atoms with Crippen LogP contribution in [0.1, 0.15) is 11.1 Å². The Morgan fingerprint density at radius 1 is 0.697 bits per heavy atom. The zero-order valence-electron chi connectivity index (χ0n) is 16.1. The van der Waals surface area contributed by atoms with Gasteiger partial charge in [0.1, 0.15) is 5.01 Å². The summed E-state index contributed by atoms with van der Waals surface area (Å²) in [6.45, 7) is -0.564. The number of hydrogen-bond acceptors (Lipinski definition) is 3. The van der Waals surface area contributed by atoms with Gasteiger partial charge in [0.2, 0.25) is 6.71 Å². The van der Waals surface area contributed by atoms with E-state index in [1.54, 1.807) is 6.20 Å². The molecular weight excluding hydrogens is 709 g/mol. The quantitative estimate of drug-likeness (QED) is 0.131. The van der Waals surface area contributed by atoms with Crippen LogP contribution in [0.4, 0.5) is 26.3 Å². The van der Waals surface area contributed by atoms with Crippen LogP contribution in [0.5, 0.6) is 0 Å². The molecule has 1 nitrogen and oxygen atoms in total. The van der Waals surface area contributed by atoms with E-state index in [0.717, 1.165) is 45.4 Å². The Labute approximate surface area is 220 Å². The third-order valence-electron chi connectivity index (χ3n) is 4.86. The Balaban J connectivity index is 1.88. The molecule has 2 aromatic heterocycles. The summed E-state index contributed by atoms with van der Waals surface area (Å²) in [5, 5.41) is 0.756. The van der Waals surface area contributed by atoms with Crippen molar-refractivity contribution < 1.29 is 26.3 Å². The minimum Gasteiger partial charge on any atom is -0.243 e. The maximum Gasteiger partial charge on any atom is 0.416 e. The van der Waals surface area contributed by atoms with Crippen LogP contribution in [0.3, 0.4) is 0 Å². The average molecular weight is 719 g/mol. The van der Waals surface area contributed by atoms with Crippen LogP contribution in [-0.2, 0) is 12.4 Å². The Hall–Kier alpha value is -1.13. The second kappa shape index (κ2) is 9.49. The Kier molecular flexibility index (Phi) is 7.19. The molecule has 0 N–H and O–H groups in total. The molecule has 0 atom stereocenters. The van der Waals surface area contributed by atoms with Crippen LogP contribution in [0.2, 0.25) is 0 Å². The minimum atomic E-state index is -4.48. The summed E-state index contributed by atoms with van der Waals surface area (Å²) in [4.78, 5) is 5.29. The molecule has 0 aliphatic rings. The van der Waals surface area contributed by atoms with Gasteiger partial charge in [-0.15, -0.1) is 22.7 Å². The number of hydrogen-bond donors (Lipinski definition) is 0. The number of halogens is 8. The first-order valence-corrected chi connectivity index (χ1v) is 13.0. The third kappa shape index (κ3) is 5.59. The molecule has 12 heteroatoms. The zero-order chi connectivity index (χ0) is 24.0. The molecule has 0 saturated carbocycles. The van der Waals surface area contributed by atoms with Crippen LogP contribution in [0, 0.1) is 5.77 Å². The number of alkyl halides is 6. The van der Waals surface area contributed by atoms with E-state index in [1.807, 2.05) is 6.07 Å². The first-order chi connectivity index (χ1) is 15.4. The van der Waals surface area contributed by atoms with Crippen molar-refractivity contribution in [1.82, 2.24) is 4.98 Å². The second-order valence-electron chi connectivity index (χ2n) is 6.98. The van der Waals surface area contributed by atoms with Crippen molar-refractivity contribution in [2.24, 2.45) is 0 Å². The van der Waals surface area contributed by atoms with Crippen LogP contribution in [-0.4, -0.2) is 11.7 Å². The lowest BCUT2D eigenvalue weighted by atomic mass is 9.37. The molecule has 33 heavy (non-hydrogen) atoms. The fraction of sp³-hybridized carbons (Fsp3) is 0.0952. The molecule has 0 bridgehead atoms. The molecule has 2 heterocycles. The molecule has 0 amide bonds. The summed E-state index contributed by atoms with van der Waals surface area (Å²) in [6, 6.07) is 11.4. The highest BCUT2D eigenvalue weighted by Crippen LogP contribution is 2.33. The predicted octanol–water partition coefficient (Wildman–Crippen LogP) is 6.63. The summed E-state index contributed by atoms with van der Waals surface area (Å²) < 4.78 is 80.5. The highest BCUT2D eigenvalue weighted by atomic mass is 127. The van der Waals surface area contributed by atoms with Crippen molar-refractivity contribution in [3.63, 3.8) is 0 Å². The van der Waals surface area contributed by atoms with Crippen molar-refractivity contribution in [2.75, 3.05) is 0 Å². The Bertz CT molecular complexity index is 1210. The van der Waals surface area contributed by atoms with Gasteiger partial charge in [-0.2, -0.15) is 26.3 Å². The van der Waals surface area contributed by atoms with Gasteiger partial charge in [0.05, 0.1) is 28.0 Å². The van der Waals surface area contributed by atoms with Gasteiger partial charge in [-0.25, -0.2) is 4.98 Å². The molecule has 4 rings (SSSR count). The van der Waals surface area contributed by atoms with Crippen molar-refractivity contribution in [2.45, 2.75) is 12.4 Å². The third-order valence-corrected chi connectivity index (χ3v) is 8.65. The number of nitrogens with zero attached hydrogens (tertiary/aromatic N) is 1. The summed E-state index contributed by atoms with van der Waals surface area (Å²) in [5.74, 6) is 0. The van der Waals surface area contributed by atoms with Gasteiger partial charge in [0.25, 0.3) is 0 Å². The van der Waals surface area contributed by atoms with Gasteiger partial charge < -0.3 is 0 Å². The van der Waals surface area contributed by atoms with E-state index in [9.17, 15) is 26.3 Å². The van der Waals surface area contributed by atoms with Crippen molar-refractivity contribution in [3.05, 3.63) is 77.7 Å². The van der Waals surface area contributed by atoms with Gasteiger partial charge in [0.15, 0.2) is 0 Å². The molecule has 2 aromatic carbocycles. The van der Waals surface area contributed by atoms with E-state index in [0.29, 0.717) is 10.9 Å². The van der Waals surface area contributed by atoms with Crippen LogP contribution >= 0.6 is 67.9 Å². The van der Waals surface area contributed by atoms with Gasteiger partial charge in [-0.05, 0) is 56.7 Å². The molecule has 0 spiro atoms. The maximum atomic E-state index is 13.1. The first-order valence-electron chi connectivity index (χ1n) is 9.18. The molecular formula is C21H10BF6I2NS2. The topological polar surface area (TPSA) is 12.9 Å². The number of aromatic nitrogens is 1. The fourth-order valence-electron chi connectivity index (χ4n) is 3.40. The molecule has 0 aliphatic heterocycles. The molecule has 0 radical (unpaired) electrons. The summed E-state index contributed by atoms with van der Waals surface area (Å²) in [7, 11) is 0. The normalized spacial score (nSPS) is 12.2. The standard InChI is InChI=1S/C21H10BF6I2NS2/c23-20(24,25)11-1-5-13(6-2-11)22(14-7-3-12(4-8-14)21(26,27)28)15-9-16(29)32-18(15)19-31-10-17(30)33-19/h1-10H. The van der Waals surface area contributed by atoms with Crippen molar-refractivity contribution in [3.8, 4) is 9.88 Å². The van der Waals surface area contributed by atoms with Crippen molar-refractivity contribution in [1.29, 1.82) is 0 Å². The lowest BCUT2D eigenvalue weighted by molar-refractivity contribution is -0.138. The number of benzene rings is 2. The van der Waals surface area contributed by atoms with Gasteiger partial charge >= 0.3 is 12.4 Å². The number of thiazole rings is 1. The first kappa shape index (κ1) is 25.0. The van der Waals surface area contributed by atoms with Gasteiger partial charge in [-0.1, -0.05) is 59.5 Å². The van der Waals surface area contributed by atoms with E-state index in [2.05, 4.69) is 50.2 Å². The SMILES string of the molecule is FC(F)(F)c1ccc(B(c2ccc(C(F)(F)F)cc2)c2cc(I)sc2-c2ncc(I)s2)cc1. The zero-order valence-corrected chi connectivity index (χ0v) is 22.1. The molecule has 170 valence electrons. The van der Waals surface area contributed by atoms with E-state index in [4.69, 9.17) is 0 Å². The number of thiophene rings is 1. The number of rotatable bonds is 4. The van der Waals surface area contributed by atoms with Gasteiger partial charge in [-0.3, -0.25) is 0 Å². The van der Waals surface area contributed by atoms with E-state index in [-0.39, 0.29) is 0 Å². The molecule has 0 fully saturated rings. The Morgan fingerprint density at radius 3 is 1.58 bits per heavy atom. The lowest BCUT2D eigenvalue weighted by Crippen LogP contribution is -2.52. The summed E-state index contributed by atoms with van der Waals surface area (Å²) in [5.41, 5.74) is 0.308. The highest BCUT2D eigenvalue weighted by Gasteiger charge is 2.34. The lowest BCUT2D eigenvalue weighted by Gasteiger charge is -2.17. The Morgan fingerprint density at radius 2 is 1.18 bits per heavy atom. The molecule has 0 aliphatic carbocycles.